The summed E-state index contributed by atoms with van der Waals surface area (Å²) in [4.78, 5) is 0. The van der Waals surface area contributed by atoms with Crippen molar-refractivity contribution in [3.8, 4) is 5.75 Å². The van der Waals surface area contributed by atoms with E-state index in [1.807, 2.05) is 36.4 Å². The predicted molar refractivity (Wildman–Crippen MR) is 123 cm³/mol. The summed E-state index contributed by atoms with van der Waals surface area (Å²) in [5.41, 5.74) is 2.96. The van der Waals surface area contributed by atoms with E-state index in [1.54, 1.807) is 0 Å². The summed E-state index contributed by atoms with van der Waals surface area (Å²) >= 11 is 4.25. The van der Waals surface area contributed by atoms with Gasteiger partial charge in [-0.1, -0.05) is 64.0 Å². The van der Waals surface area contributed by atoms with Gasteiger partial charge in [0.05, 0.1) is 18.0 Å². The maximum absolute atomic E-state index is 5.83. The van der Waals surface area contributed by atoms with Crippen molar-refractivity contribution >= 4 is 24.0 Å². The van der Waals surface area contributed by atoms with E-state index in [-0.39, 0.29) is 0 Å². The topological polar surface area (TPSA) is 34.0 Å². The Morgan fingerprint density at radius 3 is 1.82 bits per heavy atom. The predicted octanol–water partition coefficient (Wildman–Crippen LogP) is 8.09. The Kier molecular flexibility index (Phi) is 11.4. The minimum Gasteiger partial charge on any atom is -0.494 e. The van der Waals surface area contributed by atoms with Gasteiger partial charge in [-0.2, -0.15) is 22.9 Å². The average Bonchev–Trinajstić information content (AvgIpc) is 2.73. The van der Waals surface area contributed by atoms with Crippen LogP contribution in [0.25, 0.3) is 0 Å². The van der Waals surface area contributed by atoms with Crippen LogP contribution in [0.15, 0.2) is 58.8 Å². The first-order chi connectivity index (χ1) is 13.8. The van der Waals surface area contributed by atoms with Crippen LogP contribution in [0.4, 0.5) is 11.4 Å². The molecule has 0 unspecified atom stereocenters. The zero-order valence-corrected chi connectivity index (χ0v) is 18.0. The van der Waals surface area contributed by atoms with Gasteiger partial charge in [-0.05, 0) is 60.6 Å². The molecule has 0 spiro atoms. The van der Waals surface area contributed by atoms with Crippen molar-refractivity contribution in [2.24, 2.45) is 10.2 Å². The number of aryl methyl sites for hydroxylation is 1. The highest BCUT2D eigenvalue weighted by molar-refractivity contribution is 7.80. The van der Waals surface area contributed by atoms with Crippen LogP contribution in [0, 0.1) is 0 Å². The highest BCUT2D eigenvalue weighted by Gasteiger charge is 1.97. The van der Waals surface area contributed by atoms with Crippen molar-refractivity contribution in [2.75, 3.05) is 12.4 Å². The van der Waals surface area contributed by atoms with E-state index >= 15 is 0 Å². The quantitative estimate of drug-likeness (QED) is 0.195. The normalized spacial score (nSPS) is 11.2. The maximum Gasteiger partial charge on any atom is 0.119 e. The molecule has 0 N–H and O–H groups in total. The standard InChI is InChI=1S/C24H34N2OS/c1-2-3-4-5-6-7-8-9-19-27-24-16-14-23(15-17-24)26-25-22-12-10-21(11-13-22)18-20-28/h10-17,28H,2-9,18-20H2,1H3. The molecule has 2 rings (SSSR count). The first kappa shape index (κ1) is 22.5. The van der Waals surface area contributed by atoms with E-state index < -0.39 is 0 Å². The number of ether oxygens (including phenoxy) is 1. The lowest BCUT2D eigenvalue weighted by molar-refractivity contribution is 0.304. The lowest BCUT2D eigenvalue weighted by atomic mass is 10.1. The number of hydrogen-bond donors (Lipinski definition) is 1. The van der Waals surface area contributed by atoms with Gasteiger partial charge in [0.15, 0.2) is 0 Å². The van der Waals surface area contributed by atoms with Crippen LogP contribution in [-0.2, 0) is 6.42 Å². The van der Waals surface area contributed by atoms with Gasteiger partial charge >= 0.3 is 0 Å². The van der Waals surface area contributed by atoms with Gasteiger partial charge < -0.3 is 4.74 Å². The maximum atomic E-state index is 5.83. The number of thiol groups is 1. The smallest absolute Gasteiger partial charge is 0.119 e. The van der Waals surface area contributed by atoms with Gasteiger partial charge in [0.2, 0.25) is 0 Å². The monoisotopic (exact) mass is 398 g/mol. The van der Waals surface area contributed by atoms with Gasteiger partial charge in [-0.25, -0.2) is 0 Å². The van der Waals surface area contributed by atoms with E-state index in [0.29, 0.717) is 0 Å². The zero-order valence-electron chi connectivity index (χ0n) is 17.1. The molecule has 2 aromatic rings. The molecule has 0 radical (unpaired) electrons. The zero-order chi connectivity index (χ0) is 19.9. The molecular weight excluding hydrogens is 364 g/mol. The van der Waals surface area contributed by atoms with Gasteiger partial charge in [0.1, 0.15) is 5.75 Å². The second-order valence-electron chi connectivity index (χ2n) is 7.16. The van der Waals surface area contributed by atoms with Crippen LogP contribution in [0.3, 0.4) is 0 Å². The molecule has 0 heterocycles. The van der Waals surface area contributed by atoms with Crippen LogP contribution < -0.4 is 4.74 Å². The number of rotatable bonds is 14. The van der Waals surface area contributed by atoms with Gasteiger partial charge in [-0.3, -0.25) is 0 Å². The third-order valence-electron chi connectivity index (χ3n) is 4.72. The molecule has 152 valence electrons. The van der Waals surface area contributed by atoms with Gasteiger partial charge in [0.25, 0.3) is 0 Å². The summed E-state index contributed by atoms with van der Waals surface area (Å²) in [5, 5.41) is 8.59. The minimum absolute atomic E-state index is 0.786. The number of benzene rings is 2. The van der Waals surface area contributed by atoms with Crippen molar-refractivity contribution < 1.29 is 4.74 Å². The number of azo groups is 1. The minimum atomic E-state index is 0.786. The summed E-state index contributed by atoms with van der Waals surface area (Å²) in [6.07, 6.45) is 11.5. The Hall–Kier alpha value is -1.81. The molecule has 0 bridgehead atoms. The fraction of sp³-hybridized carbons (Fsp3) is 0.500. The fourth-order valence-electron chi connectivity index (χ4n) is 3.01. The summed E-state index contributed by atoms with van der Waals surface area (Å²) in [7, 11) is 0. The van der Waals surface area contributed by atoms with Crippen LogP contribution in [0.1, 0.15) is 63.9 Å². The van der Waals surface area contributed by atoms with Crippen LogP contribution in [0.2, 0.25) is 0 Å². The lowest BCUT2D eigenvalue weighted by Crippen LogP contribution is -1.96. The van der Waals surface area contributed by atoms with Crippen LogP contribution in [0.5, 0.6) is 5.75 Å². The number of hydrogen-bond acceptors (Lipinski definition) is 4. The molecule has 0 aliphatic rings. The van der Waals surface area contributed by atoms with Crippen LogP contribution in [-0.4, -0.2) is 12.4 Å². The Morgan fingerprint density at radius 2 is 1.25 bits per heavy atom. The second kappa shape index (κ2) is 14.2. The molecule has 0 amide bonds. The fourth-order valence-corrected chi connectivity index (χ4v) is 3.27. The SMILES string of the molecule is CCCCCCCCCCOc1ccc(N=Nc2ccc(CCS)cc2)cc1. The highest BCUT2D eigenvalue weighted by Crippen LogP contribution is 2.22. The first-order valence-corrected chi connectivity index (χ1v) is 11.3. The molecule has 0 fully saturated rings. The van der Waals surface area contributed by atoms with Crippen molar-refractivity contribution in [3.63, 3.8) is 0 Å². The molecule has 28 heavy (non-hydrogen) atoms. The third kappa shape index (κ3) is 9.41. The Balaban J connectivity index is 1.64. The second-order valence-corrected chi connectivity index (χ2v) is 7.60. The highest BCUT2D eigenvalue weighted by atomic mass is 32.1. The first-order valence-electron chi connectivity index (χ1n) is 10.7. The molecule has 2 aromatic carbocycles. The van der Waals surface area contributed by atoms with E-state index in [2.05, 4.69) is 41.9 Å². The van der Waals surface area contributed by atoms with Gasteiger partial charge in [0, 0.05) is 0 Å². The Bertz CT molecular complexity index is 668. The van der Waals surface area contributed by atoms with E-state index in [0.717, 1.165) is 42.3 Å². The molecule has 0 atom stereocenters. The van der Waals surface area contributed by atoms with Crippen molar-refractivity contribution in [1.82, 2.24) is 0 Å². The molecule has 0 saturated heterocycles. The molecule has 0 aromatic heterocycles. The van der Waals surface area contributed by atoms with Gasteiger partial charge in [-0.15, -0.1) is 0 Å². The lowest BCUT2D eigenvalue weighted by Gasteiger charge is -2.06. The largest absolute Gasteiger partial charge is 0.494 e. The van der Waals surface area contributed by atoms with E-state index in [1.165, 1.54) is 50.5 Å². The molecular formula is C24H34N2OS. The average molecular weight is 399 g/mol. The van der Waals surface area contributed by atoms with E-state index in [9.17, 15) is 0 Å². The summed E-state index contributed by atoms with van der Waals surface area (Å²) in [6, 6.07) is 16.0. The number of nitrogens with zero attached hydrogens (tertiary/aromatic N) is 2. The molecule has 0 aliphatic heterocycles. The summed E-state index contributed by atoms with van der Waals surface area (Å²) in [5.74, 6) is 1.76. The van der Waals surface area contributed by atoms with Crippen molar-refractivity contribution in [1.29, 1.82) is 0 Å². The Morgan fingerprint density at radius 1 is 0.714 bits per heavy atom. The van der Waals surface area contributed by atoms with Crippen molar-refractivity contribution in [2.45, 2.75) is 64.7 Å². The molecule has 0 aliphatic carbocycles. The van der Waals surface area contributed by atoms with Crippen LogP contribution >= 0.6 is 12.6 Å². The number of unbranched alkanes of at least 4 members (excludes halogenated alkanes) is 7. The molecule has 0 saturated carbocycles. The molecule has 4 heteroatoms. The van der Waals surface area contributed by atoms with Crippen molar-refractivity contribution in [3.05, 3.63) is 54.1 Å². The summed E-state index contributed by atoms with van der Waals surface area (Å²) in [6.45, 7) is 3.05. The Labute approximate surface area is 176 Å². The third-order valence-corrected chi connectivity index (χ3v) is 4.94. The van der Waals surface area contributed by atoms with E-state index in [4.69, 9.17) is 4.74 Å². The molecule has 3 nitrogen and oxygen atoms in total. The summed E-state index contributed by atoms with van der Waals surface area (Å²) < 4.78 is 5.83.